The number of hydrogen-bond acceptors (Lipinski definition) is 9. The highest BCUT2D eigenvalue weighted by Gasteiger charge is 2.46. The van der Waals surface area contributed by atoms with Crippen LogP contribution in [0.2, 0.25) is 0 Å². The molecule has 4 saturated heterocycles. The largest absolute Gasteiger partial charge is 0.388 e. The number of aromatic nitrogens is 1. The maximum absolute atomic E-state index is 14.0. The van der Waals surface area contributed by atoms with Gasteiger partial charge in [0.05, 0.1) is 37.4 Å². The molecule has 0 aliphatic carbocycles. The normalized spacial score (nSPS) is 32.7. The number of nitrogens with zero attached hydrogens (tertiary/aromatic N) is 4. The summed E-state index contributed by atoms with van der Waals surface area (Å²) in [6.07, 6.45) is -0.996. The van der Waals surface area contributed by atoms with Crippen molar-refractivity contribution in [3.05, 3.63) is 65.5 Å². The molecule has 0 radical (unpaired) electrons. The Morgan fingerprint density at radius 2 is 1.72 bits per heavy atom. The molecule has 0 unspecified atom stereocenters. The number of nitrogens with one attached hydrogen (secondary N) is 1. The van der Waals surface area contributed by atoms with Gasteiger partial charge in [0, 0.05) is 64.2 Å². The first-order chi connectivity index (χ1) is 20.7. The van der Waals surface area contributed by atoms with Crippen LogP contribution in [0.5, 0.6) is 0 Å². The van der Waals surface area contributed by atoms with Gasteiger partial charge in [-0.3, -0.25) is 24.4 Å². The number of morpholine rings is 1. The predicted octanol–water partition coefficient (Wildman–Crippen LogP) is 0.0414. The van der Waals surface area contributed by atoms with Crippen molar-refractivity contribution in [3.8, 4) is 0 Å². The van der Waals surface area contributed by atoms with E-state index in [0.717, 1.165) is 17.7 Å². The molecule has 0 spiro atoms. The predicted molar refractivity (Wildman–Crippen MR) is 148 cm³/mol. The second kappa shape index (κ2) is 12.9. The summed E-state index contributed by atoms with van der Waals surface area (Å²) < 4.78 is 39.7. The van der Waals surface area contributed by atoms with Crippen LogP contribution in [0, 0.1) is 11.6 Å². The number of rotatable bonds is 4. The molecule has 4 aliphatic rings. The number of hydrogen-bond donors (Lipinski definition) is 3. The van der Waals surface area contributed by atoms with Gasteiger partial charge in [0.2, 0.25) is 11.8 Å². The molecule has 2 amide bonds. The fourth-order valence-electron chi connectivity index (χ4n) is 6.66. The van der Waals surface area contributed by atoms with Crippen molar-refractivity contribution >= 4 is 11.8 Å². The van der Waals surface area contributed by atoms with Gasteiger partial charge in [0.1, 0.15) is 12.2 Å². The first-order valence-electron chi connectivity index (χ1n) is 14.7. The summed E-state index contributed by atoms with van der Waals surface area (Å²) in [6.45, 7) is 2.69. The molecule has 5 heterocycles. The Labute approximate surface area is 248 Å². The highest BCUT2D eigenvalue weighted by molar-refractivity contribution is 5.83. The lowest BCUT2D eigenvalue weighted by Gasteiger charge is -2.38. The van der Waals surface area contributed by atoms with Crippen molar-refractivity contribution in [2.45, 2.75) is 68.5 Å². The van der Waals surface area contributed by atoms with Crippen molar-refractivity contribution in [3.63, 3.8) is 0 Å². The molecule has 3 N–H and O–H groups in total. The van der Waals surface area contributed by atoms with Crippen molar-refractivity contribution in [1.29, 1.82) is 0 Å². The van der Waals surface area contributed by atoms with Crippen LogP contribution in [-0.4, -0.2) is 124 Å². The number of likely N-dealkylation sites (tertiary alicyclic amines) is 1. The topological polar surface area (TPSA) is 128 Å². The van der Waals surface area contributed by atoms with Gasteiger partial charge in [-0.1, -0.05) is 6.07 Å². The van der Waals surface area contributed by atoms with Gasteiger partial charge in [0.25, 0.3) is 0 Å². The standard InChI is InChI=1S/C30H37F2N5O6/c31-22-2-1-19(9-23(22)32)12-35-15-21-16-36(7-8-42-21)30(41)24-10-20(14-37(24)13-18-3-5-33-6-4-18)34-27(38)11-25-28(39)29(40)26(17-35)43-25/h1-6,9,20-21,24-26,28-29,39-40H,7-8,10-17H2,(H,34,38)/t20-,21+,24-,25-,26+,28-,29+/m0/s1. The molecule has 2 aromatic rings. The third-order valence-electron chi connectivity index (χ3n) is 8.78. The van der Waals surface area contributed by atoms with Crippen LogP contribution in [0.3, 0.4) is 0 Å². The van der Waals surface area contributed by atoms with Gasteiger partial charge in [-0.2, -0.15) is 0 Å². The number of carbonyl (C=O) groups excluding carboxylic acids is 2. The van der Waals surface area contributed by atoms with Gasteiger partial charge < -0.3 is 29.9 Å². The number of carbonyl (C=O) groups is 2. The quantitative estimate of drug-likeness (QED) is 0.445. The lowest BCUT2D eigenvalue weighted by atomic mass is 10.0. The third-order valence-corrected chi connectivity index (χ3v) is 8.78. The van der Waals surface area contributed by atoms with Crippen LogP contribution < -0.4 is 5.32 Å². The summed E-state index contributed by atoms with van der Waals surface area (Å²) in [5.41, 5.74) is 1.51. The van der Waals surface area contributed by atoms with Crippen molar-refractivity contribution in [1.82, 2.24) is 25.0 Å². The maximum atomic E-state index is 14.0. The van der Waals surface area contributed by atoms with E-state index in [9.17, 15) is 28.6 Å². The summed E-state index contributed by atoms with van der Waals surface area (Å²) in [5.74, 6) is -2.29. The van der Waals surface area contributed by atoms with E-state index in [1.807, 2.05) is 17.0 Å². The summed E-state index contributed by atoms with van der Waals surface area (Å²) in [6, 6.07) is 6.72. The van der Waals surface area contributed by atoms with E-state index >= 15 is 0 Å². The van der Waals surface area contributed by atoms with Gasteiger partial charge in [-0.25, -0.2) is 8.78 Å². The van der Waals surface area contributed by atoms with Crippen LogP contribution in [0.4, 0.5) is 8.78 Å². The van der Waals surface area contributed by atoms with E-state index in [-0.39, 0.29) is 43.5 Å². The van der Waals surface area contributed by atoms with E-state index in [2.05, 4.69) is 15.2 Å². The first-order valence-corrected chi connectivity index (χ1v) is 14.7. The van der Waals surface area contributed by atoms with Crippen LogP contribution in [0.1, 0.15) is 24.0 Å². The van der Waals surface area contributed by atoms with Crippen LogP contribution in [0.25, 0.3) is 0 Å². The molecule has 11 nitrogen and oxygen atoms in total. The van der Waals surface area contributed by atoms with E-state index in [1.54, 1.807) is 17.3 Å². The van der Waals surface area contributed by atoms with Crippen LogP contribution in [-0.2, 0) is 32.2 Å². The minimum atomic E-state index is -1.28. The van der Waals surface area contributed by atoms with Gasteiger partial charge >= 0.3 is 0 Å². The molecular weight excluding hydrogens is 564 g/mol. The molecule has 7 atom stereocenters. The zero-order valence-corrected chi connectivity index (χ0v) is 23.7. The monoisotopic (exact) mass is 601 g/mol. The Morgan fingerprint density at radius 1 is 0.930 bits per heavy atom. The molecule has 1 aromatic carbocycles. The van der Waals surface area contributed by atoms with E-state index in [4.69, 9.17) is 9.47 Å². The Balaban J connectivity index is 1.27. The van der Waals surface area contributed by atoms with E-state index < -0.39 is 42.1 Å². The van der Waals surface area contributed by atoms with E-state index in [0.29, 0.717) is 51.3 Å². The fourth-order valence-corrected chi connectivity index (χ4v) is 6.66. The molecular formula is C30H37F2N5O6. The average Bonchev–Trinajstić information content (AvgIpc) is 3.49. The Kier molecular flexibility index (Phi) is 8.98. The summed E-state index contributed by atoms with van der Waals surface area (Å²) >= 11 is 0. The van der Waals surface area contributed by atoms with Crippen molar-refractivity contribution in [2.24, 2.45) is 0 Å². The van der Waals surface area contributed by atoms with Gasteiger partial charge in [-0.15, -0.1) is 0 Å². The number of pyridine rings is 1. The Bertz CT molecular complexity index is 1310. The molecule has 4 aliphatic heterocycles. The number of ether oxygens (including phenoxy) is 2. The Morgan fingerprint density at radius 3 is 2.51 bits per heavy atom. The highest BCUT2D eigenvalue weighted by Crippen LogP contribution is 2.28. The lowest BCUT2D eigenvalue weighted by Crippen LogP contribution is -2.54. The number of fused-ring (bicyclic) bond motifs is 6. The lowest BCUT2D eigenvalue weighted by molar-refractivity contribution is -0.145. The number of halogens is 2. The molecule has 13 heteroatoms. The van der Waals surface area contributed by atoms with Gasteiger partial charge in [0.15, 0.2) is 11.6 Å². The number of aliphatic hydroxyl groups excluding tert-OH is 2. The summed E-state index contributed by atoms with van der Waals surface area (Å²) in [7, 11) is 0. The van der Waals surface area contributed by atoms with Crippen LogP contribution >= 0.6 is 0 Å². The van der Waals surface area contributed by atoms with Gasteiger partial charge in [-0.05, 0) is 41.8 Å². The SMILES string of the molecule is O=C1C[C@@H]2O[C@H](CN(Cc3ccc(F)c(F)c3)C[C@@H]3CN(CCO3)C(=O)[C@@H]3C[C@@H](CN3Cc3ccncc3)N1)[C@@H](O)[C@H]2O. The smallest absolute Gasteiger partial charge is 0.240 e. The fraction of sp³-hybridized carbons (Fsp3) is 0.567. The minimum Gasteiger partial charge on any atom is -0.388 e. The number of benzene rings is 1. The van der Waals surface area contributed by atoms with E-state index in [1.165, 1.54) is 6.07 Å². The third kappa shape index (κ3) is 6.87. The first kappa shape index (κ1) is 30.0. The Hall–Kier alpha value is -3.07. The zero-order valence-electron chi connectivity index (χ0n) is 23.7. The summed E-state index contributed by atoms with van der Waals surface area (Å²) in [5, 5.41) is 24.6. The second-order valence-corrected chi connectivity index (χ2v) is 11.9. The zero-order chi connectivity index (χ0) is 30.1. The second-order valence-electron chi connectivity index (χ2n) is 11.9. The van der Waals surface area contributed by atoms with Crippen molar-refractivity contribution < 1.29 is 38.1 Å². The maximum Gasteiger partial charge on any atom is 0.240 e. The number of amides is 2. The molecule has 232 valence electrons. The van der Waals surface area contributed by atoms with Crippen LogP contribution in [0.15, 0.2) is 42.7 Å². The highest BCUT2D eigenvalue weighted by atomic mass is 19.2. The van der Waals surface area contributed by atoms with Crippen molar-refractivity contribution in [2.75, 3.05) is 39.3 Å². The molecule has 0 saturated carbocycles. The number of aliphatic hydroxyl groups is 2. The molecule has 6 rings (SSSR count). The minimum absolute atomic E-state index is 0.0346. The molecule has 6 bridgehead atoms. The molecule has 43 heavy (non-hydrogen) atoms. The molecule has 4 fully saturated rings. The average molecular weight is 602 g/mol. The summed E-state index contributed by atoms with van der Waals surface area (Å²) in [4.78, 5) is 36.9. The molecule has 1 aromatic heterocycles.